The molecule has 152 valence electrons. The summed E-state index contributed by atoms with van der Waals surface area (Å²) >= 11 is 0. The molecule has 0 amide bonds. The first-order valence-electron chi connectivity index (χ1n) is 10.9. The lowest BCUT2D eigenvalue weighted by atomic mass is 9.76. The van der Waals surface area contributed by atoms with Crippen molar-refractivity contribution in [3.63, 3.8) is 0 Å². The Bertz CT molecular complexity index is 903. The highest BCUT2D eigenvalue weighted by molar-refractivity contribution is 5.66. The normalized spacial score (nSPS) is 22.9. The second-order valence-electron chi connectivity index (χ2n) is 9.17. The summed E-state index contributed by atoms with van der Waals surface area (Å²) in [4.78, 5) is 5.38. The van der Waals surface area contributed by atoms with Crippen molar-refractivity contribution in [1.29, 1.82) is 0 Å². The summed E-state index contributed by atoms with van der Waals surface area (Å²) < 4.78 is 0. The van der Waals surface area contributed by atoms with Crippen LogP contribution in [0.1, 0.15) is 51.7 Å². The van der Waals surface area contributed by atoms with Crippen LogP contribution in [-0.2, 0) is 12.0 Å². The van der Waals surface area contributed by atoms with Gasteiger partial charge in [-0.15, -0.1) is 0 Å². The minimum absolute atomic E-state index is 0.179. The highest BCUT2D eigenvalue weighted by atomic mass is 15.4. The smallest absolute Gasteiger partial charge is 0.0929 e. The molecule has 2 unspecified atom stereocenters. The number of likely N-dealkylation sites (tertiary alicyclic amines) is 1. The Morgan fingerprint density at radius 3 is 2.34 bits per heavy atom. The zero-order valence-electron chi connectivity index (χ0n) is 18.4. The highest BCUT2D eigenvalue weighted by Crippen LogP contribution is 2.54. The Labute approximate surface area is 176 Å². The molecule has 2 heteroatoms. The van der Waals surface area contributed by atoms with E-state index < -0.39 is 0 Å². The molecule has 0 spiro atoms. The lowest BCUT2D eigenvalue weighted by Gasteiger charge is -2.38. The second-order valence-corrected chi connectivity index (χ2v) is 9.17. The van der Waals surface area contributed by atoms with Gasteiger partial charge in [0, 0.05) is 30.7 Å². The van der Waals surface area contributed by atoms with Gasteiger partial charge in [0.05, 0.1) is 6.17 Å². The summed E-state index contributed by atoms with van der Waals surface area (Å²) in [6.45, 7) is 12.0. The Morgan fingerprint density at radius 1 is 0.931 bits per heavy atom. The third-order valence-electron chi connectivity index (χ3n) is 6.53. The van der Waals surface area contributed by atoms with E-state index in [0.717, 1.165) is 26.1 Å². The molecule has 0 aromatic heterocycles. The number of fused-ring (bicyclic) bond motifs is 3. The van der Waals surface area contributed by atoms with Gasteiger partial charge in [-0.2, -0.15) is 0 Å². The second kappa shape index (κ2) is 8.20. The first-order chi connectivity index (χ1) is 14.0. The van der Waals surface area contributed by atoms with Crippen molar-refractivity contribution in [2.24, 2.45) is 0 Å². The molecule has 0 radical (unpaired) electrons. The van der Waals surface area contributed by atoms with Gasteiger partial charge in [0.15, 0.2) is 0 Å². The lowest BCUT2D eigenvalue weighted by Crippen LogP contribution is -2.49. The number of nitrogens with zero attached hydrogens (tertiary/aromatic N) is 2. The van der Waals surface area contributed by atoms with Crippen LogP contribution in [0.3, 0.4) is 0 Å². The van der Waals surface area contributed by atoms with Gasteiger partial charge in [-0.1, -0.05) is 71.8 Å². The largest absolute Gasteiger partial charge is 0.351 e. The fourth-order valence-corrected chi connectivity index (χ4v) is 5.16. The standard InChI is InChI=1S/C27H34N2/c1-21(2)14-16-27-17-19-28(20-23-10-6-5-7-11-23)26(27)29(18-15-22(3)4)25-13-9-8-12-24(25)27/h5-15,26H,16-20H2,1-4H3. The van der Waals surface area contributed by atoms with Crippen LogP contribution in [0.2, 0.25) is 0 Å². The van der Waals surface area contributed by atoms with E-state index in [1.807, 2.05) is 0 Å². The Morgan fingerprint density at radius 2 is 1.62 bits per heavy atom. The molecule has 2 aliphatic heterocycles. The fraction of sp³-hybridized carbons (Fsp3) is 0.407. The molecule has 0 N–H and O–H groups in total. The zero-order chi connectivity index (χ0) is 20.4. The highest BCUT2D eigenvalue weighted by Gasteiger charge is 2.55. The maximum Gasteiger partial charge on any atom is 0.0929 e. The summed E-state index contributed by atoms with van der Waals surface area (Å²) in [5.74, 6) is 0. The monoisotopic (exact) mass is 386 g/mol. The van der Waals surface area contributed by atoms with E-state index in [2.05, 4.69) is 104 Å². The molecule has 2 aromatic carbocycles. The van der Waals surface area contributed by atoms with Gasteiger partial charge in [-0.25, -0.2) is 0 Å². The van der Waals surface area contributed by atoms with Gasteiger partial charge in [-0.05, 0) is 57.7 Å². The van der Waals surface area contributed by atoms with Crippen molar-refractivity contribution >= 4 is 5.69 Å². The molecule has 4 rings (SSSR count). The Balaban J connectivity index is 1.77. The van der Waals surface area contributed by atoms with Gasteiger partial charge >= 0.3 is 0 Å². The van der Waals surface area contributed by atoms with Crippen LogP contribution in [0.5, 0.6) is 0 Å². The Kier molecular flexibility index (Phi) is 5.65. The minimum atomic E-state index is 0.179. The lowest BCUT2D eigenvalue weighted by molar-refractivity contribution is 0.205. The van der Waals surface area contributed by atoms with E-state index in [4.69, 9.17) is 0 Å². The SMILES string of the molecule is CC(C)=CCN1c2ccccc2C2(CC=C(C)C)CCN(Cc3ccccc3)C12. The predicted octanol–water partition coefficient (Wildman–Crippen LogP) is 6.30. The number of allylic oxidation sites excluding steroid dienone is 3. The van der Waals surface area contributed by atoms with E-state index in [1.165, 1.54) is 28.8 Å². The van der Waals surface area contributed by atoms with E-state index in [-0.39, 0.29) is 5.41 Å². The molecule has 0 saturated carbocycles. The first kappa shape index (κ1) is 20.0. The van der Waals surface area contributed by atoms with Crippen LogP contribution in [0.4, 0.5) is 5.69 Å². The van der Waals surface area contributed by atoms with E-state index in [9.17, 15) is 0 Å². The minimum Gasteiger partial charge on any atom is -0.351 e. The molecule has 0 bridgehead atoms. The molecule has 1 saturated heterocycles. The summed E-state index contributed by atoms with van der Waals surface area (Å²) in [7, 11) is 0. The van der Waals surface area contributed by atoms with Crippen LogP contribution in [-0.4, -0.2) is 24.2 Å². The molecule has 2 aliphatic rings. The van der Waals surface area contributed by atoms with Crippen molar-refractivity contribution in [2.45, 2.75) is 58.7 Å². The summed E-state index contributed by atoms with van der Waals surface area (Å²) in [6.07, 6.45) is 7.59. The Hall–Kier alpha value is -2.32. The number of anilines is 1. The summed E-state index contributed by atoms with van der Waals surface area (Å²) in [6, 6.07) is 20.1. The number of hydrogen-bond donors (Lipinski definition) is 0. The van der Waals surface area contributed by atoms with Gasteiger partial charge in [0.25, 0.3) is 0 Å². The molecule has 29 heavy (non-hydrogen) atoms. The van der Waals surface area contributed by atoms with Crippen molar-refractivity contribution in [3.05, 3.63) is 89.0 Å². The quantitative estimate of drug-likeness (QED) is 0.538. The van der Waals surface area contributed by atoms with Crippen molar-refractivity contribution < 1.29 is 0 Å². The third-order valence-corrected chi connectivity index (χ3v) is 6.53. The zero-order valence-corrected chi connectivity index (χ0v) is 18.4. The topological polar surface area (TPSA) is 6.48 Å². The van der Waals surface area contributed by atoms with Gasteiger partial charge < -0.3 is 4.90 Å². The van der Waals surface area contributed by atoms with Crippen LogP contribution in [0, 0.1) is 0 Å². The van der Waals surface area contributed by atoms with Crippen LogP contribution in [0.15, 0.2) is 77.9 Å². The van der Waals surface area contributed by atoms with Crippen molar-refractivity contribution in [1.82, 2.24) is 4.90 Å². The summed E-state index contributed by atoms with van der Waals surface area (Å²) in [5, 5.41) is 0. The molecular weight excluding hydrogens is 352 g/mol. The van der Waals surface area contributed by atoms with Crippen molar-refractivity contribution in [3.8, 4) is 0 Å². The molecule has 2 aromatic rings. The fourth-order valence-electron chi connectivity index (χ4n) is 5.16. The third kappa shape index (κ3) is 3.79. The van der Waals surface area contributed by atoms with E-state index in [1.54, 1.807) is 5.56 Å². The molecule has 1 fully saturated rings. The average molecular weight is 387 g/mol. The van der Waals surface area contributed by atoms with Gasteiger partial charge in [-0.3, -0.25) is 4.90 Å². The van der Waals surface area contributed by atoms with E-state index >= 15 is 0 Å². The molecule has 0 aliphatic carbocycles. The number of rotatable bonds is 6. The predicted molar refractivity (Wildman–Crippen MR) is 124 cm³/mol. The number of hydrogen-bond acceptors (Lipinski definition) is 2. The van der Waals surface area contributed by atoms with Crippen LogP contribution < -0.4 is 4.90 Å². The van der Waals surface area contributed by atoms with Gasteiger partial charge in [0.2, 0.25) is 0 Å². The molecule has 2 nitrogen and oxygen atoms in total. The van der Waals surface area contributed by atoms with Crippen LogP contribution >= 0.6 is 0 Å². The van der Waals surface area contributed by atoms with Crippen molar-refractivity contribution in [2.75, 3.05) is 18.0 Å². The molecular formula is C27H34N2. The molecule has 2 heterocycles. The maximum atomic E-state index is 2.72. The average Bonchev–Trinajstić information content (AvgIpc) is 3.19. The number of benzene rings is 2. The van der Waals surface area contributed by atoms with E-state index in [0.29, 0.717) is 6.17 Å². The summed E-state index contributed by atoms with van der Waals surface area (Å²) in [5.41, 5.74) is 7.36. The molecule has 2 atom stereocenters. The van der Waals surface area contributed by atoms with Crippen LogP contribution in [0.25, 0.3) is 0 Å². The maximum absolute atomic E-state index is 2.72. The van der Waals surface area contributed by atoms with Gasteiger partial charge in [0.1, 0.15) is 0 Å². The first-order valence-corrected chi connectivity index (χ1v) is 10.9. The number of para-hydroxylation sites is 1.